The average molecular weight is 244 g/mol. The van der Waals surface area contributed by atoms with Crippen LogP contribution in [0.3, 0.4) is 0 Å². The largest absolute Gasteiger partial charge is 0.383 e. The Hall–Kier alpha value is -1.09. The average Bonchev–Trinajstić information content (AvgIpc) is 2.21. The lowest BCUT2D eigenvalue weighted by Gasteiger charge is -2.05. The van der Waals surface area contributed by atoms with Crippen LogP contribution in [0.1, 0.15) is 45.9 Å². The maximum Gasteiger partial charge on any atom is 0.134 e. The Morgan fingerprint density at radius 1 is 1.31 bits per heavy atom. The van der Waals surface area contributed by atoms with Gasteiger partial charge in [0.15, 0.2) is 0 Å². The topological polar surface area (TPSA) is 62.8 Å². The van der Waals surface area contributed by atoms with Crippen molar-refractivity contribution in [2.75, 3.05) is 5.73 Å². The molecule has 0 aliphatic carbocycles. The number of anilines is 1. The van der Waals surface area contributed by atoms with E-state index < -0.39 is 0 Å². The van der Waals surface area contributed by atoms with Crippen LogP contribution in [0, 0.1) is 12.3 Å². The second kappa shape index (κ2) is 9.16. The van der Waals surface area contributed by atoms with Gasteiger partial charge in [-0.15, -0.1) is 0 Å². The number of halogens is 1. The summed E-state index contributed by atoms with van der Waals surface area (Å²) in [7, 11) is 0. The lowest BCUT2D eigenvalue weighted by atomic mass is 10.1. The fraction of sp³-hybridized carbons (Fsp3) is 0.500. The molecular formula is C12H22ClN3. The van der Waals surface area contributed by atoms with Crippen molar-refractivity contribution >= 4 is 23.1 Å². The molecule has 0 saturated carbocycles. The van der Waals surface area contributed by atoms with Crippen LogP contribution in [0.25, 0.3) is 0 Å². The zero-order valence-electron chi connectivity index (χ0n) is 11.0. The Morgan fingerprint density at radius 2 is 1.75 bits per heavy atom. The molecule has 16 heavy (non-hydrogen) atoms. The first kappa shape index (κ1) is 17.3. The number of hydrogen-bond acceptors (Lipinski definition) is 3. The molecule has 0 bridgehead atoms. The van der Waals surface area contributed by atoms with Gasteiger partial charge in [0.05, 0.1) is 10.6 Å². The first-order valence-corrected chi connectivity index (χ1v) is 5.88. The normalized spacial score (nSPS) is 8.19. The van der Waals surface area contributed by atoms with Crippen molar-refractivity contribution < 1.29 is 0 Å². The SMILES string of the molecule is CC.CC.CC(=N)c1c(Cl)cc(C)nc1N. The molecule has 1 aromatic rings. The molecule has 0 radical (unpaired) electrons. The zero-order chi connectivity index (χ0) is 13.3. The number of rotatable bonds is 1. The van der Waals surface area contributed by atoms with E-state index in [1.165, 1.54) is 0 Å². The molecule has 92 valence electrons. The molecule has 0 aliphatic rings. The van der Waals surface area contributed by atoms with Crippen molar-refractivity contribution in [3.05, 3.63) is 22.3 Å². The van der Waals surface area contributed by atoms with Crippen molar-refractivity contribution in [2.45, 2.75) is 41.5 Å². The maximum absolute atomic E-state index is 7.38. The van der Waals surface area contributed by atoms with Gasteiger partial charge in [0.25, 0.3) is 0 Å². The highest BCUT2D eigenvalue weighted by Gasteiger charge is 2.08. The highest BCUT2D eigenvalue weighted by atomic mass is 35.5. The van der Waals surface area contributed by atoms with Gasteiger partial charge in [0.2, 0.25) is 0 Å². The van der Waals surface area contributed by atoms with Gasteiger partial charge in [0.1, 0.15) is 5.82 Å². The minimum atomic E-state index is 0.326. The quantitative estimate of drug-likeness (QED) is 0.731. The predicted molar refractivity (Wildman–Crippen MR) is 73.6 cm³/mol. The van der Waals surface area contributed by atoms with E-state index in [1.54, 1.807) is 13.0 Å². The van der Waals surface area contributed by atoms with Crippen LogP contribution in [0.4, 0.5) is 5.82 Å². The van der Waals surface area contributed by atoms with E-state index in [0.717, 1.165) is 5.69 Å². The van der Waals surface area contributed by atoms with Crippen molar-refractivity contribution in [2.24, 2.45) is 0 Å². The smallest absolute Gasteiger partial charge is 0.134 e. The number of nitrogens with two attached hydrogens (primary N) is 1. The Kier molecular flexibility index (Phi) is 9.91. The number of nitrogens with zero attached hydrogens (tertiary/aromatic N) is 1. The summed E-state index contributed by atoms with van der Waals surface area (Å²) in [6, 6.07) is 1.70. The van der Waals surface area contributed by atoms with Crippen LogP contribution in [0.2, 0.25) is 5.02 Å². The minimum Gasteiger partial charge on any atom is -0.383 e. The third kappa shape index (κ3) is 5.12. The third-order valence-corrected chi connectivity index (χ3v) is 1.80. The summed E-state index contributed by atoms with van der Waals surface area (Å²) in [5.41, 5.74) is 7.22. The molecule has 0 aromatic carbocycles. The summed E-state index contributed by atoms with van der Waals surface area (Å²) in [5.74, 6) is 0.326. The Labute approximate surface area is 104 Å². The van der Waals surface area contributed by atoms with Crippen molar-refractivity contribution in [1.82, 2.24) is 4.98 Å². The van der Waals surface area contributed by atoms with Crippen LogP contribution in [-0.4, -0.2) is 10.7 Å². The summed E-state index contributed by atoms with van der Waals surface area (Å²) in [4.78, 5) is 4.01. The number of aromatic nitrogens is 1. The van der Waals surface area contributed by atoms with E-state index in [4.69, 9.17) is 22.7 Å². The van der Waals surface area contributed by atoms with Crippen LogP contribution in [0.5, 0.6) is 0 Å². The summed E-state index contributed by atoms with van der Waals surface area (Å²) in [6.07, 6.45) is 0. The highest BCUT2D eigenvalue weighted by Crippen LogP contribution is 2.21. The van der Waals surface area contributed by atoms with Crippen LogP contribution in [-0.2, 0) is 0 Å². The van der Waals surface area contributed by atoms with E-state index in [2.05, 4.69) is 4.98 Å². The Morgan fingerprint density at radius 3 is 2.06 bits per heavy atom. The molecule has 1 rings (SSSR count). The molecule has 4 heteroatoms. The van der Waals surface area contributed by atoms with E-state index in [9.17, 15) is 0 Å². The van der Waals surface area contributed by atoms with Crippen molar-refractivity contribution in [1.29, 1.82) is 5.41 Å². The zero-order valence-corrected chi connectivity index (χ0v) is 11.7. The Balaban J connectivity index is 0. The van der Waals surface area contributed by atoms with Gasteiger partial charge >= 0.3 is 0 Å². The Bertz CT molecular complexity index is 312. The summed E-state index contributed by atoms with van der Waals surface area (Å²) in [5, 5.41) is 7.88. The van der Waals surface area contributed by atoms with Gasteiger partial charge in [-0.2, -0.15) is 0 Å². The van der Waals surface area contributed by atoms with Gasteiger partial charge < -0.3 is 11.1 Å². The van der Waals surface area contributed by atoms with E-state index >= 15 is 0 Å². The summed E-state index contributed by atoms with van der Waals surface area (Å²) >= 11 is 5.87. The number of pyridine rings is 1. The first-order valence-electron chi connectivity index (χ1n) is 5.50. The highest BCUT2D eigenvalue weighted by molar-refractivity contribution is 6.34. The standard InChI is InChI=1S/C8H10ClN3.2C2H6/c1-4-3-6(9)7(5(2)10)8(11)12-4;2*1-2/h3,10H,1-2H3,(H2,11,12);2*1-2H3. The summed E-state index contributed by atoms with van der Waals surface area (Å²) in [6.45, 7) is 11.4. The third-order valence-electron chi connectivity index (χ3n) is 1.50. The van der Waals surface area contributed by atoms with Gasteiger partial charge in [-0.25, -0.2) is 4.98 Å². The van der Waals surface area contributed by atoms with Gasteiger partial charge in [-0.3, -0.25) is 0 Å². The predicted octanol–water partition coefficient (Wildman–Crippen LogP) is 4.07. The molecule has 0 saturated heterocycles. The summed E-state index contributed by atoms with van der Waals surface area (Å²) < 4.78 is 0. The fourth-order valence-electron chi connectivity index (χ4n) is 1.03. The minimum absolute atomic E-state index is 0.326. The molecule has 3 N–H and O–H groups in total. The molecule has 0 fully saturated rings. The van der Waals surface area contributed by atoms with Crippen molar-refractivity contribution in [3.63, 3.8) is 0 Å². The first-order chi connectivity index (χ1) is 7.52. The number of aryl methyl sites for hydroxylation is 1. The molecule has 1 aromatic heterocycles. The van der Waals surface area contributed by atoms with Gasteiger partial charge in [-0.1, -0.05) is 39.3 Å². The molecule has 0 spiro atoms. The van der Waals surface area contributed by atoms with E-state index in [1.807, 2.05) is 34.6 Å². The molecule has 0 aliphatic heterocycles. The van der Waals surface area contributed by atoms with Crippen LogP contribution >= 0.6 is 11.6 Å². The molecule has 0 unspecified atom stereocenters. The van der Waals surface area contributed by atoms with Gasteiger partial charge in [-0.05, 0) is 19.9 Å². The lowest BCUT2D eigenvalue weighted by Crippen LogP contribution is -2.04. The molecule has 0 amide bonds. The maximum atomic E-state index is 7.38. The monoisotopic (exact) mass is 243 g/mol. The fourth-order valence-corrected chi connectivity index (χ4v) is 1.42. The van der Waals surface area contributed by atoms with Crippen LogP contribution < -0.4 is 5.73 Å². The van der Waals surface area contributed by atoms with Crippen molar-refractivity contribution in [3.8, 4) is 0 Å². The van der Waals surface area contributed by atoms with Crippen LogP contribution in [0.15, 0.2) is 6.07 Å². The van der Waals surface area contributed by atoms with E-state index in [0.29, 0.717) is 22.1 Å². The van der Waals surface area contributed by atoms with Gasteiger partial charge in [0, 0.05) is 11.4 Å². The lowest BCUT2D eigenvalue weighted by molar-refractivity contribution is 1.20. The number of nitrogen functional groups attached to an aromatic ring is 1. The molecular weight excluding hydrogens is 222 g/mol. The molecule has 3 nitrogen and oxygen atoms in total. The number of nitrogens with one attached hydrogen (secondary N) is 1. The second-order valence-corrected chi connectivity index (χ2v) is 3.04. The molecule has 0 atom stereocenters. The molecule has 1 heterocycles. The van der Waals surface area contributed by atoms with E-state index in [-0.39, 0.29) is 0 Å². The number of hydrogen-bond donors (Lipinski definition) is 2. The second-order valence-electron chi connectivity index (χ2n) is 2.63.